The molecule has 1 saturated carbocycles. The van der Waals surface area contributed by atoms with E-state index in [-0.39, 0.29) is 11.8 Å². The number of benzene rings is 1. The Balaban J connectivity index is 2.01. The molecule has 1 aromatic rings. The summed E-state index contributed by atoms with van der Waals surface area (Å²) < 4.78 is 24.8. The Kier molecular flexibility index (Phi) is 5.87. The van der Waals surface area contributed by atoms with Crippen LogP contribution in [0.25, 0.3) is 0 Å². The molecule has 1 amide bonds. The average molecular weight is 344 g/mol. The van der Waals surface area contributed by atoms with Crippen molar-refractivity contribution < 1.29 is 13.2 Å². The second kappa shape index (κ2) is 7.47. The molecule has 1 aromatic carbocycles. The molecule has 1 aliphatic carbocycles. The Morgan fingerprint density at radius 2 is 1.91 bits per heavy atom. The predicted octanol–water partition coefficient (Wildman–Crippen LogP) is 3.09. The van der Waals surface area contributed by atoms with Crippen molar-refractivity contribution in [1.29, 1.82) is 0 Å². The first kappa shape index (κ1) is 17.3. The van der Waals surface area contributed by atoms with Gasteiger partial charge < -0.3 is 5.32 Å². The van der Waals surface area contributed by atoms with Crippen molar-refractivity contribution >= 4 is 27.3 Å². The quantitative estimate of drug-likeness (QED) is 0.893. The standard InChI is InChI=1S/C16H22ClNO3S/c1-12(16(19)18-14-8-3-2-4-9-14)22(20,21)11-13-7-5-6-10-15(13)17/h5-7,10,12,14H,2-4,8-9,11H2,1H3,(H,18,19). The van der Waals surface area contributed by atoms with E-state index in [9.17, 15) is 13.2 Å². The fourth-order valence-corrected chi connectivity index (χ4v) is 4.30. The van der Waals surface area contributed by atoms with Gasteiger partial charge in [0.1, 0.15) is 5.25 Å². The Morgan fingerprint density at radius 1 is 1.27 bits per heavy atom. The number of amides is 1. The van der Waals surface area contributed by atoms with Crippen LogP contribution < -0.4 is 5.32 Å². The van der Waals surface area contributed by atoms with Gasteiger partial charge in [-0.25, -0.2) is 8.42 Å². The first-order valence-electron chi connectivity index (χ1n) is 7.65. The van der Waals surface area contributed by atoms with Crippen LogP contribution in [0.4, 0.5) is 0 Å². The van der Waals surface area contributed by atoms with Gasteiger partial charge in [-0.15, -0.1) is 0 Å². The minimum atomic E-state index is -3.58. The van der Waals surface area contributed by atoms with Crippen LogP contribution in [-0.2, 0) is 20.4 Å². The molecule has 6 heteroatoms. The molecule has 1 N–H and O–H groups in total. The van der Waals surface area contributed by atoms with Crippen molar-refractivity contribution in [3.8, 4) is 0 Å². The summed E-state index contributed by atoms with van der Waals surface area (Å²) in [5, 5.41) is 2.22. The Bertz CT molecular complexity index is 624. The molecular formula is C16H22ClNO3S. The van der Waals surface area contributed by atoms with Crippen LogP contribution in [0.1, 0.15) is 44.6 Å². The molecule has 2 rings (SSSR count). The highest BCUT2D eigenvalue weighted by Crippen LogP contribution is 2.21. The highest BCUT2D eigenvalue weighted by Gasteiger charge is 2.30. The molecule has 0 aliphatic heterocycles. The van der Waals surface area contributed by atoms with Crippen LogP contribution in [0.5, 0.6) is 0 Å². The maximum atomic E-state index is 12.4. The van der Waals surface area contributed by atoms with Gasteiger partial charge in [0.25, 0.3) is 0 Å². The smallest absolute Gasteiger partial charge is 0.238 e. The summed E-state index contributed by atoms with van der Waals surface area (Å²) in [6.45, 7) is 1.45. The third kappa shape index (κ3) is 4.46. The van der Waals surface area contributed by atoms with Crippen molar-refractivity contribution in [2.24, 2.45) is 0 Å². The second-order valence-corrected chi connectivity index (χ2v) is 8.61. The highest BCUT2D eigenvalue weighted by molar-refractivity contribution is 7.92. The molecule has 4 nitrogen and oxygen atoms in total. The summed E-state index contributed by atoms with van der Waals surface area (Å²) in [6, 6.07) is 6.92. The number of nitrogens with one attached hydrogen (secondary N) is 1. The van der Waals surface area contributed by atoms with Crippen molar-refractivity contribution in [3.05, 3.63) is 34.9 Å². The normalized spacial score (nSPS) is 17.9. The number of carbonyl (C=O) groups is 1. The van der Waals surface area contributed by atoms with Crippen LogP contribution in [0.3, 0.4) is 0 Å². The number of halogens is 1. The second-order valence-electron chi connectivity index (χ2n) is 5.88. The van der Waals surface area contributed by atoms with Gasteiger partial charge in [0, 0.05) is 11.1 Å². The topological polar surface area (TPSA) is 63.2 Å². The van der Waals surface area contributed by atoms with Crippen LogP contribution in [0, 0.1) is 0 Å². The van der Waals surface area contributed by atoms with Crippen LogP contribution in [0.15, 0.2) is 24.3 Å². The molecular weight excluding hydrogens is 322 g/mol. The fourth-order valence-electron chi connectivity index (χ4n) is 2.69. The van der Waals surface area contributed by atoms with Gasteiger partial charge in [-0.05, 0) is 31.4 Å². The zero-order valence-electron chi connectivity index (χ0n) is 12.7. The lowest BCUT2D eigenvalue weighted by molar-refractivity contribution is -0.121. The number of rotatable bonds is 5. The molecule has 1 aliphatic rings. The fraction of sp³-hybridized carbons (Fsp3) is 0.562. The molecule has 0 saturated heterocycles. The van der Waals surface area contributed by atoms with Crippen LogP contribution in [0.2, 0.25) is 5.02 Å². The first-order valence-corrected chi connectivity index (χ1v) is 9.75. The van der Waals surface area contributed by atoms with Gasteiger partial charge in [0.05, 0.1) is 5.75 Å². The van der Waals surface area contributed by atoms with E-state index in [4.69, 9.17) is 11.6 Å². The molecule has 0 aromatic heterocycles. The average Bonchev–Trinajstić information content (AvgIpc) is 2.49. The van der Waals surface area contributed by atoms with E-state index in [0.29, 0.717) is 10.6 Å². The largest absolute Gasteiger partial charge is 0.352 e. The van der Waals surface area contributed by atoms with Gasteiger partial charge in [0.15, 0.2) is 9.84 Å². The van der Waals surface area contributed by atoms with E-state index < -0.39 is 21.0 Å². The van der Waals surface area contributed by atoms with Crippen molar-refractivity contribution in [3.63, 3.8) is 0 Å². The molecule has 1 atom stereocenters. The number of sulfone groups is 1. The van der Waals surface area contributed by atoms with E-state index in [1.165, 1.54) is 13.3 Å². The molecule has 22 heavy (non-hydrogen) atoms. The number of hydrogen-bond acceptors (Lipinski definition) is 3. The summed E-state index contributed by atoms with van der Waals surface area (Å²) in [7, 11) is -3.58. The third-order valence-corrected chi connectivity index (χ3v) is 6.55. The lowest BCUT2D eigenvalue weighted by Crippen LogP contribution is -2.44. The summed E-state index contributed by atoms with van der Waals surface area (Å²) >= 11 is 6.01. The zero-order valence-corrected chi connectivity index (χ0v) is 14.3. The highest BCUT2D eigenvalue weighted by atomic mass is 35.5. The third-order valence-electron chi connectivity index (χ3n) is 4.17. The molecule has 0 heterocycles. The van der Waals surface area contributed by atoms with Gasteiger partial charge in [0.2, 0.25) is 5.91 Å². The zero-order chi connectivity index (χ0) is 16.2. The predicted molar refractivity (Wildman–Crippen MR) is 88.6 cm³/mol. The van der Waals surface area contributed by atoms with Crippen molar-refractivity contribution in [2.45, 2.75) is 56.1 Å². The van der Waals surface area contributed by atoms with Crippen LogP contribution in [-0.4, -0.2) is 25.6 Å². The summed E-state index contributed by atoms with van der Waals surface area (Å²) in [5.74, 6) is -0.620. The number of hydrogen-bond donors (Lipinski definition) is 1. The Hall–Kier alpha value is -1.07. The van der Waals surface area contributed by atoms with Gasteiger partial charge in [-0.1, -0.05) is 49.1 Å². The van der Waals surface area contributed by atoms with Crippen molar-refractivity contribution in [2.75, 3.05) is 0 Å². The Morgan fingerprint density at radius 3 is 2.55 bits per heavy atom. The first-order chi connectivity index (χ1) is 10.4. The molecule has 0 bridgehead atoms. The Labute approximate surface area is 137 Å². The van der Waals surface area contributed by atoms with E-state index in [1.54, 1.807) is 24.3 Å². The maximum absolute atomic E-state index is 12.4. The van der Waals surface area contributed by atoms with Crippen molar-refractivity contribution in [1.82, 2.24) is 5.32 Å². The van der Waals surface area contributed by atoms with Crippen LogP contribution >= 0.6 is 11.6 Å². The minimum Gasteiger partial charge on any atom is -0.352 e. The number of carbonyl (C=O) groups excluding carboxylic acids is 1. The van der Waals surface area contributed by atoms with Gasteiger partial charge >= 0.3 is 0 Å². The molecule has 0 radical (unpaired) electrons. The van der Waals surface area contributed by atoms with Gasteiger partial charge in [-0.3, -0.25) is 4.79 Å². The molecule has 1 fully saturated rings. The molecule has 0 spiro atoms. The van der Waals surface area contributed by atoms with E-state index in [1.807, 2.05) is 0 Å². The SMILES string of the molecule is CC(C(=O)NC1CCCCC1)S(=O)(=O)Cc1ccccc1Cl. The van der Waals surface area contributed by atoms with E-state index >= 15 is 0 Å². The summed E-state index contributed by atoms with van der Waals surface area (Å²) in [5.41, 5.74) is 0.529. The monoisotopic (exact) mass is 343 g/mol. The lowest BCUT2D eigenvalue weighted by atomic mass is 9.95. The molecule has 122 valence electrons. The summed E-state index contributed by atoms with van der Waals surface area (Å²) in [4.78, 5) is 12.2. The summed E-state index contributed by atoms with van der Waals surface area (Å²) in [6.07, 6.45) is 5.23. The maximum Gasteiger partial charge on any atom is 0.238 e. The van der Waals surface area contributed by atoms with Gasteiger partial charge in [-0.2, -0.15) is 0 Å². The van der Waals surface area contributed by atoms with E-state index in [0.717, 1.165) is 25.7 Å². The molecule has 1 unspecified atom stereocenters. The lowest BCUT2D eigenvalue weighted by Gasteiger charge is -2.24. The minimum absolute atomic E-state index is 0.110. The van der Waals surface area contributed by atoms with E-state index in [2.05, 4.69) is 5.32 Å².